The molecule has 2 amide bonds. The van der Waals surface area contributed by atoms with E-state index in [9.17, 15) is 14.4 Å². The Hall–Kier alpha value is -2.17. The van der Waals surface area contributed by atoms with Crippen LogP contribution in [-0.4, -0.2) is 29.2 Å². The minimum absolute atomic E-state index is 0.0306. The fourth-order valence-electron chi connectivity index (χ4n) is 3.76. The molecule has 0 aromatic heterocycles. The number of esters is 1. The van der Waals surface area contributed by atoms with Crippen molar-refractivity contribution >= 4 is 17.8 Å². The first-order valence-electron chi connectivity index (χ1n) is 9.13. The van der Waals surface area contributed by atoms with E-state index in [0.717, 1.165) is 25.7 Å². The number of hydrogen-bond donors (Lipinski definition) is 0. The summed E-state index contributed by atoms with van der Waals surface area (Å²) < 4.78 is 5.31. The van der Waals surface area contributed by atoms with Gasteiger partial charge in [-0.1, -0.05) is 38.8 Å². The molecule has 1 aromatic rings. The number of fused-ring (bicyclic) bond motifs is 1. The quantitative estimate of drug-likeness (QED) is 0.467. The number of ether oxygens (including phenoxy) is 1. The zero-order chi connectivity index (χ0) is 18.0. The van der Waals surface area contributed by atoms with E-state index in [0.29, 0.717) is 11.7 Å². The van der Waals surface area contributed by atoms with Crippen LogP contribution in [0.15, 0.2) is 24.3 Å². The van der Waals surface area contributed by atoms with E-state index >= 15 is 0 Å². The minimum atomic E-state index is -0.423. The summed E-state index contributed by atoms with van der Waals surface area (Å²) in [6.45, 7) is 4.32. The van der Waals surface area contributed by atoms with Gasteiger partial charge < -0.3 is 4.74 Å². The Morgan fingerprint density at radius 1 is 1.08 bits per heavy atom. The van der Waals surface area contributed by atoms with Gasteiger partial charge in [0.2, 0.25) is 11.8 Å². The molecule has 2 fully saturated rings. The van der Waals surface area contributed by atoms with Crippen LogP contribution in [0.1, 0.15) is 57.4 Å². The maximum absolute atomic E-state index is 12.4. The van der Waals surface area contributed by atoms with E-state index < -0.39 is 5.97 Å². The Bertz CT molecular complexity index is 641. The zero-order valence-corrected chi connectivity index (χ0v) is 14.9. The summed E-state index contributed by atoms with van der Waals surface area (Å²) in [4.78, 5) is 38.1. The highest BCUT2D eigenvalue weighted by Crippen LogP contribution is 2.38. The van der Waals surface area contributed by atoms with Gasteiger partial charge in [0.1, 0.15) is 5.75 Å². The van der Waals surface area contributed by atoms with Crippen molar-refractivity contribution in [1.82, 2.24) is 4.90 Å². The summed E-state index contributed by atoms with van der Waals surface area (Å²) in [6.07, 6.45) is 3.62. The van der Waals surface area contributed by atoms with Crippen molar-refractivity contribution in [3.05, 3.63) is 29.8 Å². The lowest BCUT2D eigenvalue weighted by Crippen LogP contribution is -2.33. The number of imide groups is 1. The highest BCUT2D eigenvalue weighted by atomic mass is 16.5. The largest absolute Gasteiger partial charge is 0.426 e. The second-order valence-electron chi connectivity index (χ2n) is 7.27. The monoisotopic (exact) mass is 343 g/mol. The van der Waals surface area contributed by atoms with Gasteiger partial charge >= 0.3 is 5.97 Å². The Morgan fingerprint density at radius 2 is 1.64 bits per heavy atom. The predicted molar refractivity (Wildman–Crippen MR) is 93.0 cm³/mol. The fraction of sp³-hybridized carbons (Fsp3) is 0.550. The molecule has 5 nitrogen and oxygen atoms in total. The smallest absolute Gasteiger partial charge is 0.312 e. The molecular weight excluding hydrogens is 318 g/mol. The molecule has 0 N–H and O–H groups in total. The van der Waals surface area contributed by atoms with Gasteiger partial charge in [0.05, 0.1) is 18.3 Å². The summed E-state index contributed by atoms with van der Waals surface area (Å²) in [5, 5.41) is 0. The first-order valence-corrected chi connectivity index (χ1v) is 9.13. The third kappa shape index (κ3) is 3.75. The van der Waals surface area contributed by atoms with E-state index in [1.807, 2.05) is 12.1 Å². The highest BCUT2D eigenvalue weighted by molar-refractivity contribution is 6.05. The molecule has 0 bridgehead atoms. The lowest BCUT2D eigenvalue weighted by atomic mass is 9.81. The van der Waals surface area contributed by atoms with Gasteiger partial charge in [-0.25, -0.2) is 0 Å². The van der Waals surface area contributed by atoms with Crippen molar-refractivity contribution in [2.75, 3.05) is 6.54 Å². The maximum atomic E-state index is 12.4. The van der Waals surface area contributed by atoms with Crippen molar-refractivity contribution in [2.24, 2.45) is 11.8 Å². The van der Waals surface area contributed by atoms with Crippen LogP contribution >= 0.6 is 0 Å². The number of rotatable bonds is 5. The van der Waals surface area contributed by atoms with E-state index in [2.05, 4.69) is 13.8 Å². The Balaban J connectivity index is 1.53. The molecule has 2 atom stereocenters. The van der Waals surface area contributed by atoms with Crippen LogP contribution in [0.3, 0.4) is 0 Å². The molecule has 0 spiro atoms. The molecule has 25 heavy (non-hydrogen) atoms. The molecule has 3 rings (SSSR count). The standard InChI is InChI=1S/C20H25NO4/c1-13(2)14-7-9-15(10-8-14)25-18(22)11-12-21-19(23)16-5-3-4-6-17(16)20(21)24/h7-10,13,16-17H,3-6,11-12H2,1-2H3/t16-,17-/m1/s1. The van der Waals surface area contributed by atoms with Crippen LogP contribution in [-0.2, 0) is 14.4 Å². The zero-order valence-electron chi connectivity index (χ0n) is 14.9. The molecule has 1 aliphatic heterocycles. The average Bonchev–Trinajstić information content (AvgIpc) is 2.85. The Labute approximate surface area is 148 Å². The van der Waals surface area contributed by atoms with Crippen molar-refractivity contribution in [1.29, 1.82) is 0 Å². The van der Waals surface area contributed by atoms with Gasteiger partial charge in [-0.2, -0.15) is 0 Å². The van der Waals surface area contributed by atoms with Gasteiger partial charge in [0.25, 0.3) is 0 Å². The molecule has 2 aliphatic rings. The molecule has 0 unspecified atom stereocenters. The summed E-state index contributed by atoms with van der Waals surface area (Å²) >= 11 is 0. The normalized spacial score (nSPS) is 23.1. The summed E-state index contributed by atoms with van der Waals surface area (Å²) in [5.41, 5.74) is 1.18. The second-order valence-corrected chi connectivity index (χ2v) is 7.27. The molecule has 134 valence electrons. The lowest BCUT2D eigenvalue weighted by molar-refractivity contribution is -0.141. The fourth-order valence-corrected chi connectivity index (χ4v) is 3.76. The predicted octanol–water partition coefficient (Wildman–Crippen LogP) is 3.28. The first-order chi connectivity index (χ1) is 12.0. The van der Waals surface area contributed by atoms with E-state index in [1.165, 1.54) is 10.5 Å². The van der Waals surface area contributed by atoms with Crippen molar-refractivity contribution in [2.45, 2.75) is 51.9 Å². The van der Waals surface area contributed by atoms with Crippen LogP contribution < -0.4 is 4.74 Å². The topological polar surface area (TPSA) is 63.7 Å². The first kappa shape index (κ1) is 17.6. The van der Waals surface area contributed by atoms with Gasteiger partial charge in [-0.15, -0.1) is 0 Å². The second kappa shape index (κ2) is 7.38. The third-order valence-corrected chi connectivity index (χ3v) is 5.25. The third-order valence-electron chi connectivity index (χ3n) is 5.25. The summed E-state index contributed by atoms with van der Waals surface area (Å²) in [6, 6.07) is 7.42. The number of nitrogens with zero attached hydrogens (tertiary/aromatic N) is 1. The molecule has 0 radical (unpaired) electrons. The van der Waals surface area contributed by atoms with Crippen molar-refractivity contribution in [3.8, 4) is 5.75 Å². The average molecular weight is 343 g/mol. The lowest BCUT2D eigenvalue weighted by Gasteiger charge is -2.19. The molecule has 1 heterocycles. The van der Waals surface area contributed by atoms with Gasteiger partial charge in [0, 0.05) is 6.54 Å². The van der Waals surface area contributed by atoms with Crippen LogP contribution in [0.5, 0.6) is 5.75 Å². The van der Waals surface area contributed by atoms with Crippen molar-refractivity contribution in [3.63, 3.8) is 0 Å². The summed E-state index contributed by atoms with van der Waals surface area (Å²) in [7, 11) is 0. The Morgan fingerprint density at radius 3 is 2.16 bits per heavy atom. The van der Waals surface area contributed by atoms with Crippen LogP contribution in [0.2, 0.25) is 0 Å². The van der Waals surface area contributed by atoms with Crippen LogP contribution in [0.4, 0.5) is 0 Å². The van der Waals surface area contributed by atoms with Crippen LogP contribution in [0, 0.1) is 11.8 Å². The number of carbonyl (C=O) groups is 3. The minimum Gasteiger partial charge on any atom is -0.426 e. The Kier molecular flexibility index (Phi) is 5.21. The number of hydrogen-bond acceptors (Lipinski definition) is 4. The molecule has 1 aromatic carbocycles. The molecule has 5 heteroatoms. The SMILES string of the molecule is CC(C)c1ccc(OC(=O)CCN2C(=O)[C@@H]3CCCC[C@H]3C2=O)cc1. The van der Waals surface area contributed by atoms with E-state index in [1.54, 1.807) is 12.1 Å². The highest BCUT2D eigenvalue weighted by Gasteiger charge is 2.47. The molecule has 1 saturated carbocycles. The van der Waals surface area contributed by atoms with Crippen molar-refractivity contribution < 1.29 is 19.1 Å². The molecule has 1 saturated heterocycles. The number of amides is 2. The maximum Gasteiger partial charge on any atom is 0.312 e. The number of likely N-dealkylation sites (tertiary alicyclic amines) is 1. The van der Waals surface area contributed by atoms with E-state index in [-0.39, 0.29) is 36.6 Å². The summed E-state index contributed by atoms with van der Waals surface area (Å²) in [5.74, 6) is -0.0651. The number of benzene rings is 1. The van der Waals surface area contributed by atoms with Gasteiger partial charge in [-0.05, 0) is 36.5 Å². The van der Waals surface area contributed by atoms with Gasteiger partial charge in [-0.3, -0.25) is 19.3 Å². The van der Waals surface area contributed by atoms with E-state index in [4.69, 9.17) is 4.74 Å². The molecule has 1 aliphatic carbocycles. The molecular formula is C20H25NO4. The van der Waals surface area contributed by atoms with Crippen LogP contribution in [0.25, 0.3) is 0 Å². The van der Waals surface area contributed by atoms with Gasteiger partial charge in [0.15, 0.2) is 0 Å². The number of carbonyl (C=O) groups excluding carboxylic acids is 3.